The molecule has 1 atom stereocenters. The average molecular weight is 473 g/mol. The first-order valence-corrected chi connectivity index (χ1v) is 12.0. The quantitative estimate of drug-likeness (QED) is 0.439. The van der Waals surface area contributed by atoms with E-state index >= 15 is 0 Å². The molecule has 2 heterocycles. The smallest absolute Gasteiger partial charge is 0.325 e. The molecule has 1 aromatic carbocycles. The van der Waals surface area contributed by atoms with Crippen LogP contribution in [0.5, 0.6) is 0 Å². The van der Waals surface area contributed by atoms with Crippen LogP contribution in [0.15, 0.2) is 24.3 Å². The third-order valence-corrected chi connectivity index (χ3v) is 6.65. The fourth-order valence-electron chi connectivity index (χ4n) is 4.71. The van der Waals surface area contributed by atoms with Crippen molar-refractivity contribution in [2.75, 3.05) is 43.1 Å². The number of morpholine rings is 1. The number of ether oxygens (including phenoxy) is 2. The SMILES string of the molecule is C[C@@H](OC(=O)CCCN1C(=O)NC2(CCCC2)C1=O)C(=O)Nc1ccc(N2CCOCC2)cc1. The molecule has 2 aliphatic heterocycles. The van der Waals surface area contributed by atoms with E-state index in [9.17, 15) is 19.2 Å². The number of nitrogens with one attached hydrogen (secondary N) is 2. The van der Waals surface area contributed by atoms with E-state index in [0.29, 0.717) is 31.7 Å². The van der Waals surface area contributed by atoms with Gasteiger partial charge in [0.05, 0.1) is 13.2 Å². The zero-order valence-electron chi connectivity index (χ0n) is 19.5. The monoisotopic (exact) mass is 472 g/mol. The molecular weight excluding hydrogens is 440 g/mol. The second-order valence-electron chi connectivity index (χ2n) is 9.05. The molecule has 3 fully saturated rings. The minimum Gasteiger partial charge on any atom is -0.453 e. The van der Waals surface area contributed by atoms with Gasteiger partial charge in [0.15, 0.2) is 6.10 Å². The maximum absolute atomic E-state index is 12.6. The molecule has 1 aliphatic carbocycles. The number of imide groups is 1. The normalized spacial score (nSPS) is 20.4. The highest BCUT2D eigenvalue weighted by atomic mass is 16.5. The average Bonchev–Trinajstić information content (AvgIpc) is 3.40. The molecule has 34 heavy (non-hydrogen) atoms. The second-order valence-corrected chi connectivity index (χ2v) is 9.05. The summed E-state index contributed by atoms with van der Waals surface area (Å²) in [5.41, 5.74) is 0.930. The molecule has 1 saturated carbocycles. The minimum atomic E-state index is -0.968. The molecule has 2 N–H and O–H groups in total. The van der Waals surface area contributed by atoms with Crippen LogP contribution in [0, 0.1) is 0 Å². The van der Waals surface area contributed by atoms with E-state index in [4.69, 9.17) is 9.47 Å². The number of amides is 4. The topological polar surface area (TPSA) is 117 Å². The molecule has 1 aromatic rings. The van der Waals surface area contributed by atoms with Crippen molar-refractivity contribution < 1.29 is 28.7 Å². The van der Waals surface area contributed by atoms with Crippen LogP contribution in [0.1, 0.15) is 45.4 Å². The second kappa shape index (κ2) is 10.4. The van der Waals surface area contributed by atoms with E-state index in [1.165, 1.54) is 11.8 Å². The lowest BCUT2D eigenvalue weighted by Gasteiger charge is -2.28. The molecule has 10 nitrogen and oxygen atoms in total. The Morgan fingerprint density at radius 1 is 1.15 bits per heavy atom. The van der Waals surface area contributed by atoms with Crippen molar-refractivity contribution in [3.8, 4) is 0 Å². The molecule has 4 rings (SSSR count). The zero-order valence-corrected chi connectivity index (χ0v) is 19.5. The molecular formula is C24H32N4O6. The van der Waals surface area contributed by atoms with Crippen LogP contribution >= 0.6 is 0 Å². The van der Waals surface area contributed by atoms with Crippen LogP contribution < -0.4 is 15.5 Å². The summed E-state index contributed by atoms with van der Waals surface area (Å²) in [6.45, 7) is 4.72. The molecule has 0 radical (unpaired) electrons. The highest BCUT2D eigenvalue weighted by molar-refractivity contribution is 6.07. The van der Waals surface area contributed by atoms with Gasteiger partial charge < -0.3 is 25.0 Å². The number of urea groups is 1. The summed E-state index contributed by atoms with van der Waals surface area (Å²) in [7, 11) is 0. The fourth-order valence-corrected chi connectivity index (χ4v) is 4.71. The number of rotatable bonds is 8. The third kappa shape index (κ3) is 5.32. The maximum Gasteiger partial charge on any atom is 0.325 e. The number of carbonyl (C=O) groups excluding carboxylic acids is 4. The Morgan fingerprint density at radius 2 is 1.82 bits per heavy atom. The first-order valence-electron chi connectivity index (χ1n) is 12.0. The molecule has 0 aromatic heterocycles. The van der Waals surface area contributed by atoms with Crippen molar-refractivity contribution in [1.29, 1.82) is 0 Å². The Bertz CT molecular complexity index is 922. The van der Waals surface area contributed by atoms with Crippen molar-refractivity contribution in [2.24, 2.45) is 0 Å². The van der Waals surface area contributed by atoms with E-state index in [1.807, 2.05) is 24.3 Å². The van der Waals surface area contributed by atoms with Gasteiger partial charge in [-0.05, 0) is 50.5 Å². The zero-order chi connectivity index (χ0) is 24.1. The highest BCUT2D eigenvalue weighted by Crippen LogP contribution is 2.35. The molecule has 3 aliphatic rings. The van der Waals surface area contributed by atoms with E-state index in [2.05, 4.69) is 15.5 Å². The van der Waals surface area contributed by atoms with Gasteiger partial charge >= 0.3 is 12.0 Å². The van der Waals surface area contributed by atoms with Gasteiger partial charge in [0.2, 0.25) is 0 Å². The van der Waals surface area contributed by atoms with Crippen molar-refractivity contribution in [2.45, 2.75) is 57.1 Å². The van der Waals surface area contributed by atoms with Gasteiger partial charge in [0.1, 0.15) is 5.54 Å². The number of esters is 1. The van der Waals surface area contributed by atoms with Gasteiger partial charge in [0, 0.05) is 37.4 Å². The lowest BCUT2D eigenvalue weighted by atomic mass is 9.98. The van der Waals surface area contributed by atoms with E-state index in [-0.39, 0.29) is 25.3 Å². The van der Waals surface area contributed by atoms with Gasteiger partial charge in [-0.2, -0.15) is 0 Å². The van der Waals surface area contributed by atoms with Crippen LogP contribution in [0.25, 0.3) is 0 Å². The Balaban J connectivity index is 1.18. The van der Waals surface area contributed by atoms with Crippen LogP contribution in [0.3, 0.4) is 0 Å². The van der Waals surface area contributed by atoms with Crippen molar-refractivity contribution in [1.82, 2.24) is 10.2 Å². The molecule has 0 unspecified atom stereocenters. The van der Waals surface area contributed by atoms with Gasteiger partial charge in [-0.1, -0.05) is 12.8 Å². The molecule has 184 valence electrons. The lowest BCUT2D eigenvalue weighted by Crippen LogP contribution is -2.44. The summed E-state index contributed by atoms with van der Waals surface area (Å²) >= 11 is 0. The van der Waals surface area contributed by atoms with E-state index < -0.39 is 29.6 Å². The van der Waals surface area contributed by atoms with Crippen LogP contribution in [0.2, 0.25) is 0 Å². The summed E-state index contributed by atoms with van der Waals surface area (Å²) in [5, 5.41) is 5.57. The summed E-state index contributed by atoms with van der Waals surface area (Å²) < 4.78 is 10.6. The largest absolute Gasteiger partial charge is 0.453 e. The number of anilines is 2. The molecule has 1 spiro atoms. The summed E-state index contributed by atoms with van der Waals surface area (Å²) in [5.74, 6) is -1.17. The van der Waals surface area contributed by atoms with Gasteiger partial charge in [-0.3, -0.25) is 19.3 Å². The number of carbonyl (C=O) groups is 4. The van der Waals surface area contributed by atoms with Crippen LogP contribution in [0.4, 0.5) is 16.2 Å². The third-order valence-electron chi connectivity index (χ3n) is 6.65. The van der Waals surface area contributed by atoms with Crippen LogP contribution in [-0.2, 0) is 23.9 Å². The predicted octanol–water partition coefficient (Wildman–Crippen LogP) is 2.04. The predicted molar refractivity (Wildman–Crippen MR) is 124 cm³/mol. The number of benzene rings is 1. The van der Waals surface area contributed by atoms with Gasteiger partial charge in [-0.15, -0.1) is 0 Å². The van der Waals surface area contributed by atoms with E-state index in [1.54, 1.807) is 0 Å². The van der Waals surface area contributed by atoms with Crippen molar-refractivity contribution in [3.63, 3.8) is 0 Å². The Kier molecular flexibility index (Phi) is 7.35. The molecule has 10 heteroatoms. The molecule has 0 bridgehead atoms. The summed E-state index contributed by atoms with van der Waals surface area (Å²) in [6.07, 6.45) is 2.50. The van der Waals surface area contributed by atoms with E-state index in [0.717, 1.165) is 31.6 Å². The fraction of sp³-hybridized carbons (Fsp3) is 0.583. The van der Waals surface area contributed by atoms with Gasteiger partial charge in [-0.25, -0.2) is 4.79 Å². The summed E-state index contributed by atoms with van der Waals surface area (Å²) in [4.78, 5) is 52.8. The minimum absolute atomic E-state index is 0.00985. The highest BCUT2D eigenvalue weighted by Gasteiger charge is 2.52. The Hall–Kier alpha value is -3.14. The first-order chi connectivity index (χ1) is 16.4. The summed E-state index contributed by atoms with van der Waals surface area (Å²) in [6, 6.07) is 7.10. The van der Waals surface area contributed by atoms with Crippen molar-refractivity contribution >= 4 is 35.2 Å². The Labute approximate surface area is 198 Å². The molecule has 2 saturated heterocycles. The number of hydrogen-bond acceptors (Lipinski definition) is 7. The maximum atomic E-state index is 12.6. The first kappa shape index (κ1) is 24.0. The van der Waals surface area contributed by atoms with Gasteiger partial charge in [0.25, 0.3) is 11.8 Å². The van der Waals surface area contributed by atoms with Crippen LogP contribution in [-0.4, -0.2) is 73.2 Å². The van der Waals surface area contributed by atoms with Crippen molar-refractivity contribution in [3.05, 3.63) is 24.3 Å². The standard InChI is InChI=1S/C24H32N4O6/c1-17(21(30)25-18-6-8-19(9-7-18)27-13-15-33-16-14-27)34-20(29)5-4-12-28-22(31)24(26-23(28)32)10-2-3-11-24/h6-9,17H,2-5,10-16H2,1H3,(H,25,30)(H,26,32)/t17-/m1/s1. The number of hydrogen-bond donors (Lipinski definition) is 2. The molecule has 4 amide bonds. The number of nitrogens with zero attached hydrogens (tertiary/aromatic N) is 2. The Morgan fingerprint density at radius 3 is 2.50 bits per heavy atom. The lowest BCUT2D eigenvalue weighted by molar-refractivity contribution is -0.153.